The monoisotopic (exact) mass is 213 g/mol. The molecule has 0 saturated heterocycles. The van der Waals surface area contributed by atoms with Crippen molar-refractivity contribution in [3.8, 4) is 0 Å². The van der Waals surface area contributed by atoms with Crippen LogP contribution in [-0.2, 0) is 0 Å². The minimum absolute atomic E-state index is 0.0137. The third-order valence-corrected chi connectivity index (χ3v) is 2.09. The van der Waals surface area contributed by atoms with Gasteiger partial charge in [0.05, 0.1) is 5.60 Å². The predicted molar refractivity (Wildman–Crippen MR) is 49.1 cm³/mol. The molecule has 2 N–H and O–H groups in total. The van der Waals surface area contributed by atoms with Gasteiger partial charge in [-0.25, -0.2) is 0 Å². The summed E-state index contributed by atoms with van der Waals surface area (Å²) in [6.07, 6.45) is -4.28. The largest absolute Gasteiger partial charge is 0.390 e. The summed E-state index contributed by atoms with van der Waals surface area (Å²) in [6.45, 7) is 2.18. The molecule has 0 bridgehead atoms. The number of nitrogens with one attached hydrogen (secondary N) is 1. The number of hydrogen-bond acceptors (Lipinski definition) is 2. The summed E-state index contributed by atoms with van der Waals surface area (Å²) in [6, 6.07) is 0. The molecule has 2 nitrogen and oxygen atoms in total. The number of hydrogen-bond donors (Lipinski definition) is 2. The Morgan fingerprint density at radius 2 is 1.71 bits per heavy atom. The van der Waals surface area contributed by atoms with Gasteiger partial charge in [0.25, 0.3) is 0 Å². The molecule has 0 aliphatic carbocycles. The van der Waals surface area contributed by atoms with Crippen LogP contribution in [0.5, 0.6) is 0 Å². The highest BCUT2D eigenvalue weighted by Crippen LogP contribution is 2.25. The summed E-state index contributed by atoms with van der Waals surface area (Å²) in [5, 5.41) is 12.5. The summed E-state index contributed by atoms with van der Waals surface area (Å²) >= 11 is 0. The number of rotatable bonds is 6. The van der Waals surface area contributed by atoms with E-state index in [1.165, 1.54) is 0 Å². The lowest BCUT2D eigenvalue weighted by Crippen LogP contribution is -2.29. The second-order valence-corrected chi connectivity index (χ2v) is 3.82. The standard InChI is InChI=1S/C9H18F3NO/c1-8(14,6-7-13-2)4-3-5-9(10,11)12/h13-14H,3-7H2,1-2H3. The molecule has 0 aromatic carbocycles. The zero-order valence-corrected chi connectivity index (χ0v) is 8.62. The number of alkyl halides is 3. The van der Waals surface area contributed by atoms with Crippen molar-refractivity contribution in [2.45, 2.75) is 44.4 Å². The maximum Gasteiger partial charge on any atom is 0.389 e. The topological polar surface area (TPSA) is 32.3 Å². The molecule has 0 aromatic heterocycles. The van der Waals surface area contributed by atoms with Gasteiger partial charge in [-0.15, -0.1) is 0 Å². The van der Waals surface area contributed by atoms with Gasteiger partial charge in [-0.3, -0.25) is 0 Å². The van der Waals surface area contributed by atoms with Crippen molar-refractivity contribution in [2.24, 2.45) is 0 Å². The summed E-state index contributed by atoms with van der Waals surface area (Å²) in [5.74, 6) is 0. The Balaban J connectivity index is 3.65. The molecule has 0 aliphatic heterocycles. The van der Waals surface area contributed by atoms with E-state index in [-0.39, 0.29) is 12.8 Å². The highest BCUT2D eigenvalue weighted by molar-refractivity contribution is 4.73. The maximum atomic E-state index is 11.8. The van der Waals surface area contributed by atoms with Gasteiger partial charge in [0.15, 0.2) is 0 Å². The molecule has 86 valence electrons. The molecule has 0 spiro atoms. The molecule has 0 rings (SSSR count). The van der Waals surface area contributed by atoms with E-state index in [2.05, 4.69) is 5.32 Å². The third kappa shape index (κ3) is 8.31. The van der Waals surface area contributed by atoms with Crippen molar-refractivity contribution in [1.29, 1.82) is 0 Å². The highest BCUT2D eigenvalue weighted by atomic mass is 19.4. The molecule has 1 unspecified atom stereocenters. The molecule has 0 heterocycles. The van der Waals surface area contributed by atoms with Gasteiger partial charge in [0.1, 0.15) is 0 Å². The van der Waals surface area contributed by atoms with Crippen molar-refractivity contribution in [1.82, 2.24) is 5.32 Å². The van der Waals surface area contributed by atoms with Crippen molar-refractivity contribution < 1.29 is 18.3 Å². The Morgan fingerprint density at radius 1 is 1.14 bits per heavy atom. The van der Waals surface area contributed by atoms with Gasteiger partial charge in [-0.2, -0.15) is 13.2 Å². The normalized spacial score (nSPS) is 16.7. The van der Waals surface area contributed by atoms with E-state index < -0.39 is 18.2 Å². The zero-order valence-electron chi connectivity index (χ0n) is 8.62. The molecule has 0 aromatic rings. The first-order valence-corrected chi connectivity index (χ1v) is 4.70. The molecule has 14 heavy (non-hydrogen) atoms. The van der Waals surface area contributed by atoms with Crippen LogP contribution in [0, 0.1) is 0 Å². The van der Waals surface area contributed by atoms with E-state index in [1.54, 1.807) is 14.0 Å². The predicted octanol–water partition coefficient (Wildman–Crippen LogP) is 2.08. The summed E-state index contributed by atoms with van der Waals surface area (Å²) in [5.41, 5.74) is -0.992. The van der Waals surface area contributed by atoms with Crippen LogP contribution in [0.25, 0.3) is 0 Å². The van der Waals surface area contributed by atoms with Crippen molar-refractivity contribution in [3.63, 3.8) is 0 Å². The Morgan fingerprint density at radius 3 is 2.14 bits per heavy atom. The fraction of sp³-hybridized carbons (Fsp3) is 1.00. The zero-order chi connectivity index (χ0) is 11.2. The van der Waals surface area contributed by atoms with E-state index in [0.29, 0.717) is 13.0 Å². The summed E-state index contributed by atoms with van der Waals surface area (Å²) < 4.78 is 35.4. The van der Waals surface area contributed by atoms with Gasteiger partial charge >= 0.3 is 6.18 Å². The lowest BCUT2D eigenvalue weighted by atomic mass is 9.95. The molecule has 1 atom stereocenters. The van der Waals surface area contributed by atoms with Gasteiger partial charge in [-0.05, 0) is 39.8 Å². The Labute approximate surface area is 82.5 Å². The van der Waals surface area contributed by atoms with Gasteiger partial charge in [0.2, 0.25) is 0 Å². The minimum atomic E-state index is -4.11. The Bertz CT molecular complexity index is 157. The van der Waals surface area contributed by atoms with Gasteiger partial charge in [-0.1, -0.05) is 0 Å². The Kier molecular flexibility index (Phi) is 5.44. The fourth-order valence-electron chi connectivity index (χ4n) is 1.19. The molecular formula is C9H18F3NO. The summed E-state index contributed by atoms with van der Waals surface area (Å²) in [4.78, 5) is 0. The van der Waals surface area contributed by atoms with Crippen LogP contribution in [0.1, 0.15) is 32.6 Å². The van der Waals surface area contributed by atoms with Crippen LogP contribution in [0.3, 0.4) is 0 Å². The average molecular weight is 213 g/mol. The molecule has 0 aliphatic rings. The molecule has 5 heteroatoms. The molecule has 0 saturated carbocycles. The van der Waals surface area contributed by atoms with Crippen molar-refractivity contribution >= 4 is 0 Å². The van der Waals surface area contributed by atoms with Crippen LogP contribution in [0.4, 0.5) is 13.2 Å². The second-order valence-electron chi connectivity index (χ2n) is 3.82. The van der Waals surface area contributed by atoms with E-state index >= 15 is 0 Å². The summed E-state index contributed by atoms with van der Waals surface area (Å²) in [7, 11) is 1.74. The number of halogens is 3. The van der Waals surface area contributed by atoms with E-state index in [9.17, 15) is 18.3 Å². The molecule has 0 fully saturated rings. The van der Waals surface area contributed by atoms with Gasteiger partial charge < -0.3 is 10.4 Å². The SMILES string of the molecule is CNCCC(C)(O)CCCC(F)(F)F. The van der Waals surface area contributed by atoms with Crippen LogP contribution >= 0.6 is 0 Å². The third-order valence-electron chi connectivity index (χ3n) is 2.09. The second kappa shape index (κ2) is 5.56. The van der Waals surface area contributed by atoms with Crippen LogP contribution in [-0.4, -0.2) is 30.5 Å². The average Bonchev–Trinajstić information content (AvgIpc) is 1.98. The quantitative estimate of drug-likeness (QED) is 0.708. The lowest BCUT2D eigenvalue weighted by Gasteiger charge is -2.23. The molecule has 0 radical (unpaired) electrons. The number of aliphatic hydroxyl groups is 1. The smallest absolute Gasteiger partial charge is 0.389 e. The van der Waals surface area contributed by atoms with E-state index in [4.69, 9.17) is 0 Å². The van der Waals surface area contributed by atoms with E-state index in [0.717, 1.165) is 0 Å². The highest BCUT2D eigenvalue weighted by Gasteiger charge is 2.28. The van der Waals surface area contributed by atoms with Crippen LogP contribution in [0.15, 0.2) is 0 Å². The minimum Gasteiger partial charge on any atom is -0.390 e. The first kappa shape index (κ1) is 13.7. The van der Waals surface area contributed by atoms with Crippen molar-refractivity contribution in [3.05, 3.63) is 0 Å². The van der Waals surface area contributed by atoms with Crippen LogP contribution in [0.2, 0.25) is 0 Å². The first-order chi connectivity index (χ1) is 6.27. The maximum absolute atomic E-state index is 11.8. The fourth-order valence-corrected chi connectivity index (χ4v) is 1.19. The Hall–Kier alpha value is -0.290. The molecule has 0 amide bonds. The first-order valence-electron chi connectivity index (χ1n) is 4.70. The lowest BCUT2D eigenvalue weighted by molar-refractivity contribution is -0.137. The van der Waals surface area contributed by atoms with Crippen LogP contribution < -0.4 is 5.32 Å². The van der Waals surface area contributed by atoms with E-state index in [1.807, 2.05) is 0 Å². The van der Waals surface area contributed by atoms with Crippen molar-refractivity contribution in [2.75, 3.05) is 13.6 Å². The van der Waals surface area contributed by atoms with Gasteiger partial charge in [0, 0.05) is 6.42 Å². The molecular weight excluding hydrogens is 195 g/mol.